The molecule has 0 aliphatic heterocycles. The van der Waals surface area contributed by atoms with E-state index in [-0.39, 0.29) is 23.6 Å². The van der Waals surface area contributed by atoms with Crippen molar-refractivity contribution in [1.29, 1.82) is 0 Å². The van der Waals surface area contributed by atoms with Gasteiger partial charge in [0.2, 0.25) is 5.91 Å². The van der Waals surface area contributed by atoms with E-state index in [0.29, 0.717) is 5.75 Å². The van der Waals surface area contributed by atoms with E-state index in [2.05, 4.69) is 5.32 Å². The summed E-state index contributed by atoms with van der Waals surface area (Å²) in [4.78, 5) is 12.4. The van der Waals surface area contributed by atoms with Gasteiger partial charge in [-0.1, -0.05) is 12.8 Å². The zero-order chi connectivity index (χ0) is 16.3. The fourth-order valence-corrected chi connectivity index (χ4v) is 2.95. The largest absolute Gasteiger partial charge is 0.491 e. The van der Waals surface area contributed by atoms with E-state index in [1.165, 1.54) is 12.1 Å². The summed E-state index contributed by atoms with van der Waals surface area (Å²) in [6, 6.07) is 4.47. The second-order valence-corrected chi connectivity index (χ2v) is 6.60. The van der Waals surface area contributed by atoms with Crippen molar-refractivity contribution in [1.82, 2.24) is 0 Å². The Morgan fingerprint density at radius 3 is 2.77 bits per heavy atom. The molecular formula is C17H25FN2O2. The standard InChI is InChI=1S/C17H25FN2O2/c1-11(2)22-12-7-8-15(14(18)10-12)20-16(21)13-6-4-5-9-17(13,3)19/h7-8,10-11,13H,4-6,9,19H2,1-3H3,(H,20,21). The molecule has 2 unspecified atom stereocenters. The fourth-order valence-electron chi connectivity index (χ4n) is 2.95. The molecule has 3 N–H and O–H groups in total. The summed E-state index contributed by atoms with van der Waals surface area (Å²) in [7, 11) is 0. The molecule has 2 rings (SSSR count). The summed E-state index contributed by atoms with van der Waals surface area (Å²) in [6.45, 7) is 5.64. The summed E-state index contributed by atoms with van der Waals surface area (Å²) in [5.74, 6) is -0.541. The monoisotopic (exact) mass is 308 g/mol. The number of nitrogens with one attached hydrogen (secondary N) is 1. The third kappa shape index (κ3) is 3.97. The zero-order valence-electron chi connectivity index (χ0n) is 13.5. The number of ether oxygens (including phenoxy) is 1. The smallest absolute Gasteiger partial charge is 0.229 e. The highest BCUT2D eigenvalue weighted by atomic mass is 19.1. The van der Waals surface area contributed by atoms with E-state index in [0.717, 1.165) is 25.7 Å². The van der Waals surface area contributed by atoms with Gasteiger partial charge in [-0.25, -0.2) is 4.39 Å². The van der Waals surface area contributed by atoms with Gasteiger partial charge in [0, 0.05) is 11.6 Å². The number of hydrogen-bond donors (Lipinski definition) is 2. The van der Waals surface area contributed by atoms with Crippen molar-refractivity contribution >= 4 is 11.6 Å². The lowest BCUT2D eigenvalue weighted by molar-refractivity contribution is -0.122. The van der Waals surface area contributed by atoms with Crippen LogP contribution in [0.2, 0.25) is 0 Å². The Morgan fingerprint density at radius 2 is 2.18 bits per heavy atom. The topological polar surface area (TPSA) is 64.3 Å². The maximum absolute atomic E-state index is 14.1. The molecule has 1 aliphatic rings. The number of nitrogens with two attached hydrogens (primary N) is 1. The molecule has 1 saturated carbocycles. The van der Waals surface area contributed by atoms with Crippen molar-refractivity contribution in [2.24, 2.45) is 11.7 Å². The Bertz CT molecular complexity index is 543. The van der Waals surface area contributed by atoms with Crippen LogP contribution in [-0.4, -0.2) is 17.6 Å². The van der Waals surface area contributed by atoms with Crippen LogP contribution in [-0.2, 0) is 4.79 Å². The van der Waals surface area contributed by atoms with Crippen LogP contribution in [0.15, 0.2) is 18.2 Å². The Labute approximate surface area is 131 Å². The van der Waals surface area contributed by atoms with Gasteiger partial charge in [-0.3, -0.25) is 4.79 Å². The summed E-state index contributed by atoms with van der Waals surface area (Å²) < 4.78 is 19.5. The van der Waals surface area contributed by atoms with Crippen LogP contribution >= 0.6 is 0 Å². The molecule has 4 nitrogen and oxygen atoms in total. The Morgan fingerprint density at radius 1 is 1.45 bits per heavy atom. The van der Waals surface area contributed by atoms with E-state index in [4.69, 9.17) is 10.5 Å². The van der Waals surface area contributed by atoms with Crippen molar-refractivity contribution in [3.63, 3.8) is 0 Å². The molecule has 1 aromatic rings. The maximum Gasteiger partial charge on any atom is 0.229 e. The second-order valence-electron chi connectivity index (χ2n) is 6.60. The van der Waals surface area contributed by atoms with E-state index in [1.54, 1.807) is 6.07 Å². The molecular weight excluding hydrogens is 283 g/mol. The molecule has 0 radical (unpaired) electrons. The molecule has 1 amide bonds. The molecule has 1 aliphatic carbocycles. The minimum Gasteiger partial charge on any atom is -0.491 e. The lowest BCUT2D eigenvalue weighted by Gasteiger charge is -2.37. The predicted molar refractivity (Wildman–Crippen MR) is 85.3 cm³/mol. The van der Waals surface area contributed by atoms with Gasteiger partial charge in [-0.05, 0) is 45.7 Å². The molecule has 22 heavy (non-hydrogen) atoms. The first kappa shape index (κ1) is 16.7. The molecule has 1 fully saturated rings. The molecule has 0 spiro atoms. The molecule has 0 heterocycles. The van der Waals surface area contributed by atoms with Gasteiger partial charge in [-0.15, -0.1) is 0 Å². The highest BCUT2D eigenvalue weighted by Crippen LogP contribution is 2.33. The van der Waals surface area contributed by atoms with Crippen molar-refractivity contribution in [3.8, 4) is 5.75 Å². The minimum absolute atomic E-state index is 0.0278. The molecule has 0 saturated heterocycles. The van der Waals surface area contributed by atoms with Crippen LogP contribution in [0.5, 0.6) is 5.75 Å². The first-order chi connectivity index (χ1) is 10.3. The Kier molecular flexibility index (Phi) is 5.06. The summed E-state index contributed by atoms with van der Waals surface area (Å²) in [5.41, 5.74) is 5.86. The van der Waals surface area contributed by atoms with E-state index >= 15 is 0 Å². The van der Waals surface area contributed by atoms with Crippen LogP contribution in [0.25, 0.3) is 0 Å². The highest BCUT2D eigenvalue weighted by Gasteiger charge is 2.37. The first-order valence-electron chi connectivity index (χ1n) is 7.85. The number of benzene rings is 1. The number of halogens is 1. The quantitative estimate of drug-likeness (QED) is 0.895. The van der Waals surface area contributed by atoms with Gasteiger partial charge in [-0.2, -0.15) is 0 Å². The third-order valence-electron chi connectivity index (χ3n) is 4.14. The van der Waals surface area contributed by atoms with Crippen molar-refractivity contribution in [2.75, 3.05) is 5.32 Å². The van der Waals surface area contributed by atoms with Gasteiger partial charge in [0.05, 0.1) is 17.7 Å². The van der Waals surface area contributed by atoms with Crippen molar-refractivity contribution in [2.45, 2.75) is 58.1 Å². The van der Waals surface area contributed by atoms with Crippen LogP contribution < -0.4 is 15.8 Å². The van der Waals surface area contributed by atoms with Gasteiger partial charge in [0.1, 0.15) is 11.6 Å². The second kappa shape index (κ2) is 6.65. The number of hydrogen-bond acceptors (Lipinski definition) is 3. The van der Waals surface area contributed by atoms with Gasteiger partial charge < -0.3 is 15.8 Å². The third-order valence-corrected chi connectivity index (χ3v) is 4.14. The summed E-state index contributed by atoms with van der Waals surface area (Å²) in [5, 5.41) is 2.67. The normalized spacial score (nSPS) is 25.1. The van der Waals surface area contributed by atoms with Gasteiger partial charge >= 0.3 is 0 Å². The maximum atomic E-state index is 14.1. The van der Waals surface area contributed by atoms with E-state index < -0.39 is 11.4 Å². The van der Waals surface area contributed by atoms with E-state index in [9.17, 15) is 9.18 Å². The molecule has 2 atom stereocenters. The molecule has 122 valence electrons. The average molecular weight is 308 g/mol. The summed E-state index contributed by atoms with van der Waals surface area (Å²) >= 11 is 0. The lowest BCUT2D eigenvalue weighted by atomic mass is 9.74. The van der Waals surface area contributed by atoms with E-state index in [1.807, 2.05) is 20.8 Å². The Balaban J connectivity index is 2.08. The number of anilines is 1. The number of carbonyl (C=O) groups is 1. The number of amides is 1. The zero-order valence-corrected chi connectivity index (χ0v) is 13.5. The van der Waals surface area contributed by atoms with Gasteiger partial charge in [0.25, 0.3) is 0 Å². The van der Waals surface area contributed by atoms with Crippen LogP contribution in [0, 0.1) is 11.7 Å². The van der Waals surface area contributed by atoms with Crippen molar-refractivity contribution < 1.29 is 13.9 Å². The fraction of sp³-hybridized carbons (Fsp3) is 0.588. The molecule has 0 bridgehead atoms. The number of carbonyl (C=O) groups excluding carboxylic acids is 1. The van der Waals surface area contributed by atoms with Crippen LogP contribution in [0.4, 0.5) is 10.1 Å². The SMILES string of the molecule is CC(C)Oc1ccc(NC(=O)C2CCCCC2(C)N)c(F)c1. The predicted octanol–water partition coefficient (Wildman–Crippen LogP) is 3.46. The number of rotatable bonds is 4. The van der Waals surface area contributed by atoms with Crippen molar-refractivity contribution in [3.05, 3.63) is 24.0 Å². The average Bonchev–Trinajstić information content (AvgIpc) is 2.40. The van der Waals surface area contributed by atoms with Crippen LogP contribution in [0.3, 0.4) is 0 Å². The van der Waals surface area contributed by atoms with Gasteiger partial charge in [0.15, 0.2) is 0 Å². The molecule has 0 aromatic heterocycles. The highest BCUT2D eigenvalue weighted by molar-refractivity contribution is 5.93. The lowest BCUT2D eigenvalue weighted by Crippen LogP contribution is -2.51. The molecule has 1 aromatic carbocycles. The Hall–Kier alpha value is -1.62. The first-order valence-corrected chi connectivity index (χ1v) is 7.85. The van der Waals surface area contributed by atoms with Crippen LogP contribution in [0.1, 0.15) is 46.5 Å². The molecule has 5 heteroatoms. The summed E-state index contributed by atoms with van der Waals surface area (Å²) in [6.07, 6.45) is 3.55. The minimum atomic E-state index is -0.528.